The van der Waals surface area contributed by atoms with Crippen LogP contribution < -0.4 is 16.4 Å². The molecule has 0 radical (unpaired) electrons. The molecule has 0 aromatic rings. The van der Waals surface area contributed by atoms with Crippen molar-refractivity contribution in [2.24, 2.45) is 5.73 Å². The lowest BCUT2D eigenvalue weighted by Gasteiger charge is -2.31. The van der Waals surface area contributed by atoms with E-state index in [2.05, 4.69) is 17.6 Å². The fourth-order valence-corrected chi connectivity index (χ4v) is 1.70. The molecule has 1 amide bonds. The molecule has 1 saturated heterocycles. The number of hydrogen-bond donors (Lipinski definition) is 3. The second-order valence-electron chi connectivity index (χ2n) is 4.27. The Labute approximate surface area is 97.1 Å². The van der Waals surface area contributed by atoms with Gasteiger partial charge in [0.25, 0.3) is 0 Å². The normalized spacial score (nSPS) is 19.4. The van der Waals surface area contributed by atoms with E-state index in [0.29, 0.717) is 32.6 Å². The van der Waals surface area contributed by atoms with E-state index in [1.165, 1.54) is 0 Å². The molecule has 0 spiro atoms. The Morgan fingerprint density at radius 3 is 2.62 bits per heavy atom. The summed E-state index contributed by atoms with van der Waals surface area (Å²) in [6.07, 6.45) is 2.33. The highest BCUT2D eigenvalue weighted by Crippen LogP contribution is 2.17. The lowest BCUT2D eigenvalue weighted by atomic mass is 9.90. The van der Waals surface area contributed by atoms with E-state index in [1.54, 1.807) is 0 Å². The van der Waals surface area contributed by atoms with E-state index in [1.807, 2.05) is 0 Å². The van der Waals surface area contributed by atoms with Crippen molar-refractivity contribution in [3.8, 4) is 0 Å². The van der Waals surface area contributed by atoms with Gasteiger partial charge >= 0.3 is 0 Å². The van der Waals surface area contributed by atoms with Crippen molar-refractivity contribution in [1.29, 1.82) is 0 Å². The first-order chi connectivity index (χ1) is 7.69. The fraction of sp³-hybridized carbons (Fsp3) is 0.909. The summed E-state index contributed by atoms with van der Waals surface area (Å²) in [5.74, 6) is -0.0471. The Bertz CT molecular complexity index is 215. The van der Waals surface area contributed by atoms with Gasteiger partial charge in [-0.2, -0.15) is 0 Å². The molecule has 0 bridgehead atoms. The van der Waals surface area contributed by atoms with Crippen molar-refractivity contribution in [2.75, 3.05) is 32.8 Å². The van der Waals surface area contributed by atoms with E-state index in [4.69, 9.17) is 10.5 Å². The number of rotatable bonds is 6. The van der Waals surface area contributed by atoms with Gasteiger partial charge in [0, 0.05) is 26.3 Å². The minimum atomic E-state index is -0.719. The van der Waals surface area contributed by atoms with Gasteiger partial charge in [-0.05, 0) is 25.8 Å². The number of carbonyl (C=O) groups is 1. The number of nitrogens with two attached hydrogens (primary N) is 1. The van der Waals surface area contributed by atoms with Gasteiger partial charge in [-0.25, -0.2) is 0 Å². The first-order valence-corrected chi connectivity index (χ1v) is 6.05. The Morgan fingerprint density at radius 1 is 1.31 bits per heavy atom. The molecule has 1 aliphatic rings. The summed E-state index contributed by atoms with van der Waals surface area (Å²) in [5, 5.41) is 6.10. The lowest BCUT2D eigenvalue weighted by molar-refractivity contribution is -0.129. The molecule has 1 heterocycles. The summed E-state index contributed by atoms with van der Waals surface area (Å²) in [6.45, 7) is 5.70. The van der Waals surface area contributed by atoms with Crippen molar-refractivity contribution in [3.05, 3.63) is 0 Å². The molecule has 0 aromatic heterocycles. The average Bonchev–Trinajstić information content (AvgIpc) is 2.29. The van der Waals surface area contributed by atoms with Gasteiger partial charge in [-0.3, -0.25) is 4.79 Å². The zero-order chi connectivity index (χ0) is 11.9. The molecule has 0 aliphatic carbocycles. The van der Waals surface area contributed by atoms with Crippen LogP contribution in [0, 0.1) is 0 Å². The van der Waals surface area contributed by atoms with Crippen LogP contribution in [0.1, 0.15) is 26.2 Å². The Hall–Kier alpha value is -0.650. The summed E-state index contributed by atoms with van der Waals surface area (Å²) < 4.78 is 5.20. The highest BCUT2D eigenvalue weighted by molar-refractivity contribution is 5.86. The quantitative estimate of drug-likeness (QED) is 0.542. The zero-order valence-electron chi connectivity index (χ0n) is 10.1. The summed E-state index contributed by atoms with van der Waals surface area (Å²) in [4.78, 5) is 11.8. The predicted octanol–water partition coefficient (Wildman–Crippen LogP) is -0.390. The highest BCUT2D eigenvalue weighted by atomic mass is 16.5. The van der Waals surface area contributed by atoms with Gasteiger partial charge in [-0.1, -0.05) is 6.92 Å². The Kier molecular flexibility index (Phi) is 5.73. The second-order valence-corrected chi connectivity index (χ2v) is 4.27. The fourth-order valence-electron chi connectivity index (χ4n) is 1.70. The number of hydrogen-bond acceptors (Lipinski definition) is 4. The minimum absolute atomic E-state index is 0.0471. The van der Waals surface area contributed by atoms with E-state index in [0.717, 1.165) is 19.5 Å². The molecule has 94 valence electrons. The highest BCUT2D eigenvalue weighted by Gasteiger charge is 2.35. The van der Waals surface area contributed by atoms with Crippen molar-refractivity contribution >= 4 is 5.91 Å². The molecule has 0 unspecified atom stereocenters. The van der Waals surface area contributed by atoms with Crippen molar-refractivity contribution in [1.82, 2.24) is 10.6 Å². The average molecular weight is 229 g/mol. The summed E-state index contributed by atoms with van der Waals surface area (Å²) in [5.41, 5.74) is 5.31. The zero-order valence-corrected chi connectivity index (χ0v) is 10.1. The van der Waals surface area contributed by atoms with Crippen molar-refractivity contribution in [3.63, 3.8) is 0 Å². The minimum Gasteiger partial charge on any atom is -0.381 e. The molecular formula is C11H23N3O2. The molecule has 5 nitrogen and oxygen atoms in total. The van der Waals surface area contributed by atoms with E-state index < -0.39 is 5.54 Å². The van der Waals surface area contributed by atoms with Crippen molar-refractivity contribution in [2.45, 2.75) is 31.7 Å². The van der Waals surface area contributed by atoms with E-state index in [-0.39, 0.29) is 5.91 Å². The number of amides is 1. The van der Waals surface area contributed by atoms with Crippen LogP contribution >= 0.6 is 0 Å². The third-order valence-corrected chi connectivity index (χ3v) is 2.85. The van der Waals surface area contributed by atoms with Gasteiger partial charge in [0.05, 0.1) is 5.54 Å². The van der Waals surface area contributed by atoms with Crippen LogP contribution in [0.5, 0.6) is 0 Å². The van der Waals surface area contributed by atoms with E-state index >= 15 is 0 Å². The third-order valence-electron chi connectivity index (χ3n) is 2.85. The van der Waals surface area contributed by atoms with E-state index in [9.17, 15) is 4.79 Å². The Morgan fingerprint density at radius 2 is 2.00 bits per heavy atom. The maximum Gasteiger partial charge on any atom is 0.240 e. The monoisotopic (exact) mass is 229 g/mol. The number of ether oxygens (including phenoxy) is 1. The smallest absolute Gasteiger partial charge is 0.240 e. The summed E-state index contributed by atoms with van der Waals surface area (Å²) in [7, 11) is 0. The first-order valence-electron chi connectivity index (χ1n) is 6.05. The third kappa shape index (κ3) is 4.08. The summed E-state index contributed by atoms with van der Waals surface area (Å²) >= 11 is 0. The van der Waals surface area contributed by atoms with Gasteiger partial charge in [0.15, 0.2) is 0 Å². The van der Waals surface area contributed by atoms with Crippen LogP contribution in [0.15, 0.2) is 0 Å². The molecular weight excluding hydrogens is 206 g/mol. The topological polar surface area (TPSA) is 76.4 Å². The molecule has 1 rings (SSSR count). The molecule has 1 fully saturated rings. The molecule has 16 heavy (non-hydrogen) atoms. The molecule has 0 atom stereocenters. The molecule has 1 aliphatic heterocycles. The molecule has 4 N–H and O–H groups in total. The maximum absolute atomic E-state index is 11.8. The van der Waals surface area contributed by atoms with Crippen LogP contribution in [-0.2, 0) is 9.53 Å². The van der Waals surface area contributed by atoms with Crippen LogP contribution in [0.25, 0.3) is 0 Å². The molecule has 5 heteroatoms. The largest absolute Gasteiger partial charge is 0.381 e. The van der Waals surface area contributed by atoms with Crippen molar-refractivity contribution < 1.29 is 9.53 Å². The van der Waals surface area contributed by atoms with Gasteiger partial charge in [-0.15, -0.1) is 0 Å². The Balaban J connectivity index is 2.18. The van der Waals surface area contributed by atoms with Crippen LogP contribution in [-0.4, -0.2) is 44.3 Å². The number of carbonyl (C=O) groups excluding carboxylic acids is 1. The van der Waals surface area contributed by atoms with Crippen LogP contribution in [0.3, 0.4) is 0 Å². The first kappa shape index (κ1) is 13.4. The molecule has 0 aromatic carbocycles. The number of nitrogens with one attached hydrogen (secondary N) is 2. The maximum atomic E-state index is 11.8. The standard InChI is InChI=1S/C11H23N3O2/c1-2-5-13-6-7-14-10(15)11(12)3-8-16-9-4-11/h13H,2-9,12H2,1H3,(H,14,15). The van der Waals surface area contributed by atoms with Gasteiger partial charge in [0.1, 0.15) is 0 Å². The lowest BCUT2D eigenvalue weighted by Crippen LogP contribution is -2.57. The summed E-state index contributed by atoms with van der Waals surface area (Å²) in [6, 6.07) is 0. The molecule has 0 saturated carbocycles. The van der Waals surface area contributed by atoms with Crippen LogP contribution in [0.2, 0.25) is 0 Å². The van der Waals surface area contributed by atoms with Crippen LogP contribution in [0.4, 0.5) is 0 Å². The second kappa shape index (κ2) is 6.83. The SMILES string of the molecule is CCCNCCNC(=O)C1(N)CCOCC1. The predicted molar refractivity (Wildman–Crippen MR) is 63.1 cm³/mol. The van der Waals surface area contributed by atoms with Gasteiger partial charge < -0.3 is 21.1 Å². The van der Waals surface area contributed by atoms with Gasteiger partial charge in [0.2, 0.25) is 5.91 Å².